The first-order chi connectivity index (χ1) is 9.72. The highest BCUT2D eigenvalue weighted by Gasteiger charge is 2.17. The molecular formula is C15H18N2O3. The lowest BCUT2D eigenvalue weighted by molar-refractivity contribution is -0.0173. The van der Waals surface area contributed by atoms with Crippen LogP contribution < -0.4 is 10.5 Å². The van der Waals surface area contributed by atoms with Crippen LogP contribution in [0, 0.1) is 0 Å². The smallest absolute Gasteiger partial charge is 0.189 e. The van der Waals surface area contributed by atoms with Crippen molar-refractivity contribution in [3.05, 3.63) is 47.4 Å². The van der Waals surface area contributed by atoms with Crippen molar-refractivity contribution >= 4 is 5.69 Å². The minimum absolute atomic E-state index is 0.301. The standard InChI is InChI=1S/C15H18N2O3/c1-17(6-11-2-3-18-8-11)7-12-4-14(16)5-13-9-19-10-20-15(12)13/h2-5,8H,6-7,9-10,16H2,1H3. The van der Waals surface area contributed by atoms with E-state index in [0.717, 1.165) is 41.2 Å². The molecule has 0 unspecified atom stereocenters. The number of nitrogen functional groups attached to an aromatic ring is 1. The number of hydrogen-bond acceptors (Lipinski definition) is 5. The molecule has 1 aliphatic rings. The summed E-state index contributed by atoms with van der Waals surface area (Å²) in [7, 11) is 2.06. The number of rotatable bonds is 4. The molecule has 5 nitrogen and oxygen atoms in total. The molecule has 0 aliphatic carbocycles. The molecule has 20 heavy (non-hydrogen) atoms. The molecule has 0 saturated carbocycles. The van der Waals surface area contributed by atoms with Crippen molar-refractivity contribution in [1.29, 1.82) is 0 Å². The molecule has 0 atom stereocenters. The second-order valence-electron chi connectivity index (χ2n) is 5.08. The first-order valence-electron chi connectivity index (χ1n) is 6.54. The predicted octanol–water partition coefficient (Wildman–Crippen LogP) is 2.36. The van der Waals surface area contributed by atoms with Crippen LogP contribution in [0.3, 0.4) is 0 Å². The lowest BCUT2D eigenvalue weighted by atomic mass is 10.1. The first-order valence-corrected chi connectivity index (χ1v) is 6.54. The van der Waals surface area contributed by atoms with Gasteiger partial charge in [-0.05, 0) is 25.2 Å². The first kappa shape index (κ1) is 13.0. The SMILES string of the molecule is CN(Cc1ccoc1)Cc1cc(N)cc2c1OCOC2. The van der Waals surface area contributed by atoms with Crippen LogP contribution in [0.5, 0.6) is 5.75 Å². The maximum atomic E-state index is 5.95. The molecule has 1 aromatic heterocycles. The molecule has 2 heterocycles. The average Bonchev–Trinajstić information content (AvgIpc) is 2.91. The van der Waals surface area contributed by atoms with Gasteiger partial charge < -0.3 is 19.6 Å². The number of anilines is 1. The molecule has 0 radical (unpaired) electrons. The van der Waals surface area contributed by atoms with E-state index >= 15 is 0 Å². The second-order valence-corrected chi connectivity index (χ2v) is 5.08. The van der Waals surface area contributed by atoms with Crippen LogP contribution in [0.4, 0.5) is 5.69 Å². The lowest BCUT2D eigenvalue weighted by Crippen LogP contribution is -2.20. The summed E-state index contributed by atoms with van der Waals surface area (Å²) in [6.45, 7) is 2.43. The minimum Gasteiger partial charge on any atom is -0.472 e. The van der Waals surface area contributed by atoms with Gasteiger partial charge in [0.05, 0.1) is 19.1 Å². The van der Waals surface area contributed by atoms with Crippen LogP contribution in [0.2, 0.25) is 0 Å². The molecule has 0 saturated heterocycles. The Bertz CT molecular complexity index is 581. The zero-order chi connectivity index (χ0) is 13.9. The Balaban J connectivity index is 1.78. The Hall–Kier alpha value is -1.98. The van der Waals surface area contributed by atoms with Crippen LogP contribution in [-0.2, 0) is 24.4 Å². The van der Waals surface area contributed by atoms with Crippen molar-refractivity contribution in [2.75, 3.05) is 19.6 Å². The molecule has 1 aromatic carbocycles. The fraction of sp³-hybridized carbons (Fsp3) is 0.333. The van der Waals surface area contributed by atoms with Gasteiger partial charge in [-0.25, -0.2) is 0 Å². The summed E-state index contributed by atoms with van der Waals surface area (Å²) in [6, 6.07) is 5.85. The largest absolute Gasteiger partial charge is 0.472 e. The fourth-order valence-electron chi connectivity index (χ4n) is 2.48. The predicted molar refractivity (Wildman–Crippen MR) is 75.0 cm³/mol. The van der Waals surface area contributed by atoms with Gasteiger partial charge in [0.15, 0.2) is 6.79 Å². The topological polar surface area (TPSA) is 60.9 Å². The van der Waals surface area contributed by atoms with Crippen molar-refractivity contribution in [3.8, 4) is 5.75 Å². The molecule has 5 heteroatoms. The van der Waals surface area contributed by atoms with Crippen LogP contribution in [0.15, 0.2) is 35.1 Å². The summed E-state index contributed by atoms with van der Waals surface area (Å²) < 4.78 is 16.0. The Kier molecular flexibility index (Phi) is 3.62. The third kappa shape index (κ3) is 2.79. The van der Waals surface area contributed by atoms with Crippen LogP contribution in [-0.4, -0.2) is 18.7 Å². The van der Waals surface area contributed by atoms with Crippen molar-refractivity contribution in [3.63, 3.8) is 0 Å². The van der Waals surface area contributed by atoms with Gasteiger partial charge in [0.1, 0.15) is 5.75 Å². The number of nitrogens with two attached hydrogens (primary N) is 1. The van der Waals surface area contributed by atoms with Gasteiger partial charge in [-0.3, -0.25) is 4.90 Å². The van der Waals surface area contributed by atoms with Gasteiger partial charge in [-0.1, -0.05) is 0 Å². The number of ether oxygens (including phenoxy) is 2. The van der Waals surface area contributed by atoms with Gasteiger partial charge in [0.25, 0.3) is 0 Å². The molecule has 1 aliphatic heterocycles. The maximum Gasteiger partial charge on any atom is 0.189 e. The summed E-state index contributed by atoms with van der Waals surface area (Å²) in [5.41, 5.74) is 9.95. The molecule has 2 N–H and O–H groups in total. The highest BCUT2D eigenvalue weighted by atomic mass is 16.7. The molecule has 106 valence electrons. The van der Waals surface area contributed by atoms with Gasteiger partial charge in [0.2, 0.25) is 0 Å². The summed E-state index contributed by atoms with van der Waals surface area (Å²) in [4.78, 5) is 2.19. The van der Waals surface area contributed by atoms with Gasteiger partial charge >= 0.3 is 0 Å². The van der Waals surface area contributed by atoms with E-state index in [9.17, 15) is 0 Å². The normalized spacial score (nSPS) is 14.1. The van der Waals surface area contributed by atoms with E-state index in [4.69, 9.17) is 19.6 Å². The minimum atomic E-state index is 0.301. The maximum absolute atomic E-state index is 5.95. The Morgan fingerprint density at radius 3 is 3.00 bits per heavy atom. The fourth-order valence-corrected chi connectivity index (χ4v) is 2.48. The Morgan fingerprint density at radius 2 is 2.20 bits per heavy atom. The van der Waals surface area contributed by atoms with Crippen LogP contribution >= 0.6 is 0 Å². The van der Waals surface area contributed by atoms with E-state index < -0.39 is 0 Å². The van der Waals surface area contributed by atoms with E-state index in [2.05, 4.69) is 11.9 Å². The van der Waals surface area contributed by atoms with E-state index in [0.29, 0.717) is 13.4 Å². The number of hydrogen-bond donors (Lipinski definition) is 1. The monoisotopic (exact) mass is 274 g/mol. The third-order valence-corrected chi connectivity index (χ3v) is 3.28. The molecule has 0 bridgehead atoms. The second kappa shape index (κ2) is 5.56. The van der Waals surface area contributed by atoms with E-state index in [-0.39, 0.29) is 0 Å². The molecule has 3 rings (SSSR count). The lowest BCUT2D eigenvalue weighted by Gasteiger charge is -2.24. The molecule has 0 fully saturated rings. The van der Waals surface area contributed by atoms with Crippen molar-refractivity contribution in [2.45, 2.75) is 19.7 Å². The zero-order valence-electron chi connectivity index (χ0n) is 11.5. The molecule has 2 aromatic rings. The number of benzene rings is 1. The highest BCUT2D eigenvalue weighted by Crippen LogP contribution is 2.31. The zero-order valence-corrected chi connectivity index (χ0v) is 11.5. The number of nitrogens with zero attached hydrogens (tertiary/aromatic N) is 1. The van der Waals surface area contributed by atoms with Crippen molar-refractivity contribution in [1.82, 2.24) is 4.90 Å². The summed E-state index contributed by atoms with van der Waals surface area (Å²) in [5.74, 6) is 0.907. The number of fused-ring (bicyclic) bond motifs is 1. The van der Waals surface area contributed by atoms with E-state index in [1.807, 2.05) is 18.2 Å². The van der Waals surface area contributed by atoms with Crippen molar-refractivity contribution in [2.24, 2.45) is 0 Å². The van der Waals surface area contributed by atoms with Gasteiger partial charge in [0, 0.05) is 35.5 Å². The summed E-state index contributed by atoms with van der Waals surface area (Å²) in [5, 5.41) is 0. The van der Waals surface area contributed by atoms with E-state index in [1.165, 1.54) is 0 Å². The third-order valence-electron chi connectivity index (χ3n) is 3.28. The molecule has 0 spiro atoms. The molecule has 0 amide bonds. The summed E-state index contributed by atoms with van der Waals surface area (Å²) in [6.07, 6.45) is 3.45. The van der Waals surface area contributed by atoms with Crippen molar-refractivity contribution < 1.29 is 13.9 Å². The Labute approximate surface area is 117 Å². The summed E-state index contributed by atoms with van der Waals surface area (Å²) >= 11 is 0. The highest BCUT2D eigenvalue weighted by molar-refractivity contribution is 5.53. The average molecular weight is 274 g/mol. The van der Waals surface area contributed by atoms with Gasteiger partial charge in [-0.15, -0.1) is 0 Å². The Morgan fingerprint density at radius 1 is 1.30 bits per heavy atom. The molecular weight excluding hydrogens is 256 g/mol. The van der Waals surface area contributed by atoms with Crippen LogP contribution in [0.25, 0.3) is 0 Å². The van der Waals surface area contributed by atoms with E-state index in [1.54, 1.807) is 12.5 Å². The van der Waals surface area contributed by atoms with Gasteiger partial charge in [-0.2, -0.15) is 0 Å². The number of furan rings is 1. The van der Waals surface area contributed by atoms with Crippen LogP contribution in [0.1, 0.15) is 16.7 Å². The quantitative estimate of drug-likeness (QED) is 0.867.